The second-order valence-electron chi connectivity index (χ2n) is 7.16. The molecule has 4 atom stereocenters. The van der Waals surface area contributed by atoms with Gasteiger partial charge in [-0.3, -0.25) is 0 Å². The SMILES string of the molecule is C[C@]1(CO)CC[C@@H]2c3ccc(O)cc3CC[C@H]2[C@@H]1CCO. The highest BCUT2D eigenvalue weighted by molar-refractivity contribution is 5.39. The highest BCUT2D eigenvalue weighted by Crippen LogP contribution is 2.55. The van der Waals surface area contributed by atoms with Gasteiger partial charge in [0.15, 0.2) is 0 Å². The first-order valence-corrected chi connectivity index (χ1v) is 8.12. The van der Waals surface area contributed by atoms with Crippen LogP contribution in [-0.2, 0) is 6.42 Å². The molecule has 0 unspecified atom stereocenters. The molecule has 0 heterocycles. The van der Waals surface area contributed by atoms with Gasteiger partial charge in [0.05, 0.1) is 0 Å². The molecule has 0 amide bonds. The minimum absolute atomic E-state index is 0.0572. The molecule has 0 bridgehead atoms. The van der Waals surface area contributed by atoms with E-state index in [1.807, 2.05) is 6.07 Å². The highest BCUT2D eigenvalue weighted by Gasteiger charge is 2.47. The van der Waals surface area contributed by atoms with E-state index in [1.54, 1.807) is 6.07 Å². The third-order valence-corrected chi connectivity index (χ3v) is 6.03. The van der Waals surface area contributed by atoms with Crippen molar-refractivity contribution in [2.24, 2.45) is 17.3 Å². The first-order chi connectivity index (χ1) is 10.1. The molecule has 0 aliphatic heterocycles. The lowest BCUT2D eigenvalue weighted by molar-refractivity contribution is -0.0244. The van der Waals surface area contributed by atoms with Crippen molar-refractivity contribution in [2.45, 2.75) is 44.9 Å². The van der Waals surface area contributed by atoms with Crippen LogP contribution in [0.4, 0.5) is 0 Å². The van der Waals surface area contributed by atoms with Gasteiger partial charge in [-0.2, -0.15) is 0 Å². The van der Waals surface area contributed by atoms with E-state index in [4.69, 9.17) is 0 Å². The molecule has 116 valence electrons. The monoisotopic (exact) mass is 290 g/mol. The van der Waals surface area contributed by atoms with E-state index < -0.39 is 0 Å². The number of aryl methyl sites for hydroxylation is 1. The topological polar surface area (TPSA) is 60.7 Å². The van der Waals surface area contributed by atoms with Gasteiger partial charge in [0.25, 0.3) is 0 Å². The van der Waals surface area contributed by atoms with Crippen LogP contribution in [0.25, 0.3) is 0 Å². The van der Waals surface area contributed by atoms with Gasteiger partial charge in [0, 0.05) is 13.2 Å². The van der Waals surface area contributed by atoms with E-state index in [-0.39, 0.29) is 18.6 Å². The Morgan fingerprint density at radius 3 is 2.76 bits per heavy atom. The van der Waals surface area contributed by atoms with Crippen molar-refractivity contribution in [1.29, 1.82) is 0 Å². The normalized spacial score (nSPS) is 35.1. The van der Waals surface area contributed by atoms with Crippen molar-refractivity contribution < 1.29 is 15.3 Å². The van der Waals surface area contributed by atoms with Gasteiger partial charge in [-0.1, -0.05) is 13.0 Å². The fourth-order valence-corrected chi connectivity index (χ4v) is 4.86. The molecule has 0 spiro atoms. The fraction of sp³-hybridized carbons (Fsp3) is 0.667. The van der Waals surface area contributed by atoms with Gasteiger partial charge in [-0.05, 0) is 78.5 Å². The molecule has 3 rings (SSSR count). The molecule has 0 radical (unpaired) electrons. The molecule has 1 aromatic rings. The molecule has 1 saturated carbocycles. The van der Waals surface area contributed by atoms with Gasteiger partial charge in [-0.15, -0.1) is 0 Å². The Bertz CT molecular complexity index is 513. The van der Waals surface area contributed by atoms with Crippen molar-refractivity contribution in [3.8, 4) is 5.75 Å². The number of fused-ring (bicyclic) bond motifs is 3. The Morgan fingerprint density at radius 2 is 2.05 bits per heavy atom. The zero-order valence-electron chi connectivity index (χ0n) is 12.8. The second kappa shape index (κ2) is 5.62. The van der Waals surface area contributed by atoms with Gasteiger partial charge < -0.3 is 15.3 Å². The smallest absolute Gasteiger partial charge is 0.115 e. The first kappa shape index (κ1) is 14.9. The largest absolute Gasteiger partial charge is 0.508 e. The number of phenolic OH excluding ortho intramolecular Hbond substituents is 1. The van der Waals surface area contributed by atoms with Crippen molar-refractivity contribution in [2.75, 3.05) is 13.2 Å². The van der Waals surface area contributed by atoms with E-state index in [1.165, 1.54) is 11.1 Å². The molecular formula is C18H26O3. The minimum atomic E-state index is -0.0572. The maximum absolute atomic E-state index is 9.85. The van der Waals surface area contributed by atoms with Crippen LogP contribution < -0.4 is 0 Å². The number of hydrogen-bond donors (Lipinski definition) is 3. The van der Waals surface area contributed by atoms with Crippen LogP contribution in [0.1, 0.15) is 49.7 Å². The quantitative estimate of drug-likeness (QED) is 0.802. The summed E-state index contributed by atoms with van der Waals surface area (Å²) in [5.41, 5.74) is 2.61. The Morgan fingerprint density at radius 1 is 1.24 bits per heavy atom. The van der Waals surface area contributed by atoms with E-state index >= 15 is 0 Å². The Kier molecular flexibility index (Phi) is 3.98. The van der Waals surface area contributed by atoms with E-state index in [0.717, 1.165) is 32.1 Å². The maximum atomic E-state index is 9.85. The number of hydrogen-bond acceptors (Lipinski definition) is 3. The first-order valence-electron chi connectivity index (χ1n) is 8.12. The zero-order valence-corrected chi connectivity index (χ0v) is 12.8. The summed E-state index contributed by atoms with van der Waals surface area (Å²) in [5, 5.41) is 29.0. The number of benzene rings is 1. The summed E-state index contributed by atoms with van der Waals surface area (Å²) in [5.74, 6) is 1.80. The van der Waals surface area contributed by atoms with E-state index in [9.17, 15) is 15.3 Å². The van der Waals surface area contributed by atoms with Crippen LogP contribution in [0.15, 0.2) is 18.2 Å². The summed E-state index contributed by atoms with van der Waals surface area (Å²) >= 11 is 0. The van der Waals surface area contributed by atoms with Gasteiger partial charge in [-0.25, -0.2) is 0 Å². The summed E-state index contributed by atoms with van der Waals surface area (Å²) in [6.45, 7) is 2.59. The predicted molar refractivity (Wildman–Crippen MR) is 82.3 cm³/mol. The van der Waals surface area contributed by atoms with Gasteiger partial charge >= 0.3 is 0 Å². The summed E-state index contributed by atoms with van der Waals surface area (Å²) in [4.78, 5) is 0. The second-order valence-corrected chi connectivity index (χ2v) is 7.16. The number of rotatable bonds is 3. The van der Waals surface area contributed by atoms with Crippen LogP contribution in [-0.4, -0.2) is 28.5 Å². The summed E-state index contributed by atoms with van der Waals surface area (Å²) in [7, 11) is 0. The Hall–Kier alpha value is -1.06. The van der Waals surface area contributed by atoms with E-state index in [0.29, 0.717) is 23.5 Å². The van der Waals surface area contributed by atoms with Crippen molar-refractivity contribution in [1.82, 2.24) is 0 Å². The van der Waals surface area contributed by atoms with Gasteiger partial charge in [0.2, 0.25) is 0 Å². The lowest BCUT2D eigenvalue weighted by Crippen LogP contribution is -2.45. The third kappa shape index (κ3) is 2.47. The van der Waals surface area contributed by atoms with Crippen molar-refractivity contribution >= 4 is 0 Å². The van der Waals surface area contributed by atoms with Gasteiger partial charge in [0.1, 0.15) is 5.75 Å². The molecule has 0 saturated heterocycles. The number of aliphatic hydroxyl groups is 2. The average Bonchev–Trinajstić information content (AvgIpc) is 2.49. The highest BCUT2D eigenvalue weighted by atomic mass is 16.3. The molecule has 3 nitrogen and oxygen atoms in total. The molecule has 3 N–H and O–H groups in total. The standard InChI is InChI=1S/C18H26O3/c1-18(11-20)8-6-15-14-5-3-13(21)10-12(14)2-4-16(15)17(18)7-9-19/h3,5,10,15-17,19-21H,2,4,6-9,11H2,1H3/t15-,16-,17+,18-/m1/s1. The number of aromatic hydroxyl groups is 1. The van der Waals surface area contributed by atoms with Crippen LogP contribution in [0.5, 0.6) is 5.75 Å². The van der Waals surface area contributed by atoms with Crippen LogP contribution in [0, 0.1) is 17.3 Å². The minimum Gasteiger partial charge on any atom is -0.508 e. The zero-order chi connectivity index (χ0) is 15.0. The molecule has 21 heavy (non-hydrogen) atoms. The molecule has 1 aromatic carbocycles. The van der Waals surface area contributed by atoms with Crippen LogP contribution in [0.3, 0.4) is 0 Å². The summed E-state index contributed by atoms with van der Waals surface area (Å²) in [6.07, 6.45) is 4.98. The average molecular weight is 290 g/mol. The maximum Gasteiger partial charge on any atom is 0.115 e. The molecule has 2 aliphatic rings. The van der Waals surface area contributed by atoms with Crippen molar-refractivity contribution in [3.05, 3.63) is 29.3 Å². The Balaban J connectivity index is 1.94. The fourth-order valence-electron chi connectivity index (χ4n) is 4.86. The number of aliphatic hydroxyl groups excluding tert-OH is 2. The number of phenols is 1. The lowest BCUT2D eigenvalue weighted by Gasteiger charge is -2.51. The summed E-state index contributed by atoms with van der Waals surface area (Å²) in [6, 6.07) is 5.79. The van der Waals surface area contributed by atoms with Crippen LogP contribution in [0.2, 0.25) is 0 Å². The summed E-state index contributed by atoms with van der Waals surface area (Å²) < 4.78 is 0. The Labute approximate surface area is 126 Å². The molecule has 0 aromatic heterocycles. The van der Waals surface area contributed by atoms with E-state index in [2.05, 4.69) is 13.0 Å². The van der Waals surface area contributed by atoms with Crippen LogP contribution >= 0.6 is 0 Å². The van der Waals surface area contributed by atoms with Crippen molar-refractivity contribution in [3.63, 3.8) is 0 Å². The molecule has 2 aliphatic carbocycles. The predicted octanol–water partition coefficient (Wildman–Crippen LogP) is 2.83. The third-order valence-electron chi connectivity index (χ3n) is 6.03. The molecule has 1 fully saturated rings. The molecule has 3 heteroatoms. The molecular weight excluding hydrogens is 264 g/mol. The lowest BCUT2D eigenvalue weighted by atomic mass is 9.54.